The van der Waals surface area contributed by atoms with Crippen molar-refractivity contribution in [2.24, 2.45) is 0 Å². The molecular weight excluding hydrogens is 393 g/mol. The highest BCUT2D eigenvalue weighted by molar-refractivity contribution is 6.31. The topological polar surface area (TPSA) is 45.6 Å². The molecule has 29 heavy (non-hydrogen) atoms. The summed E-state index contributed by atoms with van der Waals surface area (Å²) in [5.41, 5.74) is 2.03. The van der Waals surface area contributed by atoms with E-state index < -0.39 is 11.7 Å². The molecule has 4 rings (SSSR count). The highest BCUT2D eigenvalue weighted by Gasteiger charge is 2.26. The smallest absolute Gasteiger partial charge is 0.257 e. The highest BCUT2D eigenvalue weighted by atomic mass is 35.5. The molecule has 2 heterocycles. The minimum absolute atomic E-state index is 0.00971. The Hall–Kier alpha value is -2.86. The first kappa shape index (κ1) is 19.5. The Balaban J connectivity index is 1.41. The van der Waals surface area contributed by atoms with Crippen LogP contribution in [0.1, 0.15) is 16.1 Å². The molecule has 0 aliphatic carbocycles. The van der Waals surface area contributed by atoms with Crippen molar-refractivity contribution in [2.45, 2.75) is 13.5 Å². The lowest BCUT2D eigenvalue weighted by atomic mass is 10.1. The summed E-state index contributed by atoms with van der Waals surface area (Å²) < 4.78 is 16.0. The van der Waals surface area contributed by atoms with Crippen LogP contribution in [0.5, 0.6) is 0 Å². The number of amides is 2. The number of rotatable bonds is 3. The van der Waals surface area contributed by atoms with Crippen molar-refractivity contribution in [1.29, 1.82) is 0 Å². The first-order valence-corrected chi connectivity index (χ1v) is 9.89. The van der Waals surface area contributed by atoms with Crippen LogP contribution in [-0.4, -0.2) is 52.4 Å². The molecule has 0 N–H and O–H groups in total. The van der Waals surface area contributed by atoms with Crippen molar-refractivity contribution >= 4 is 34.3 Å². The molecule has 5 nitrogen and oxygen atoms in total. The van der Waals surface area contributed by atoms with E-state index in [1.54, 1.807) is 9.80 Å². The Morgan fingerprint density at radius 2 is 1.69 bits per heavy atom. The van der Waals surface area contributed by atoms with E-state index in [2.05, 4.69) is 6.07 Å². The van der Waals surface area contributed by atoms with Crippen molar-refractivity contribution in [3.8, 4) is 0 Å². The summed E-state index contributed by atoms with van der Waals surface area (Å²) >= 11 is 5.89. The Kier molecular flexibility index (Phi) is 5.28. The number of carbonyl (C=O) groups excluding carboxylic acids is 2. The van der Waals surface area contributed by atoms with Gasteiger partial charge in [0.15, 0.2) is 0 Å². The van der Waals surface area contributed by atoms with Crippen LogP contribution in [0.2, 0.25) is 5.02 Å². The Bertz CT molecular complexity index is 1090. The van der Waals surface area contributed by atoms with E-state index in [4.69, 9.17) is 11.6 Å². The van der Waals surface area contributed by atoms with Crippen molar-refractivity contribution in [3.05, 3.63) is 70.6 Å². The number of halogens is 2. The highest BCUT2D eigenvalue weighted by Crippen LogP contribution is 2.20. The molecule has 0 atom stereocenters. The molecule has 0 spiro atoms. The van der Waals surface area contributed by atoms with Gasteiger partial charge >= 0.3 is 0 Å². The van der Waals surface area contributed by atoms with Gasteiger partial charge < -0.3 is 14.4 Å². The molecule has 150 valence electrons. The van der Waals surface area contributed by atoms with Gasteiger partial charge in [-0.15, -0.1) is 0 Å². The second kappa shape index (κ2) is 7.87. The van der Waals surface area contributed by atoms with Gasteiger partial charge in [0, 0.05) is 42.4 Å². The van der Waals surface area contributed by atoms with E-state index in [1.807, 2.05) is 35.8 Å². The van der Waals surface area contributed by atoms with Crippen LogP contribution in [0, 0.1) is 12.7 Å². The average Bonchev–Trinajstić information content (AvgIpc) is 3.04. The van der Waals surface area contributed by atoms with Gasteiger partial charge in [0.05, 0.1) is 5.56 Å². The van der Waals surface area contributed by atoms with Crippen molar-refractivity contribution < 1.29 is 14.0 Å². The number of nitrogens with zero attached hydrogens (tertiary/aromatic N) is 3. The maximum absolute atomic E-state index is 14.0. The summed E-state index contributed by atoms with van der Waals surface area (Å²) in [5.74, 6) is -0.979. The second-order valence-corrected chi connectivity index (χ2v) is 7.66. The van der Waals surface area contributed by atoms with Gasteiger partial charge in [-0.3, -0.25) is 9.59 Å². The van der Waals surface area contributed by atoms with Crippen LogP contribution in [0.4, 0.5) is 4.39 Å². The number of fused-ring (bicyclic) bond motifs is 1. The third-order valence-electron chi connectivity index (χ3n) is 5.39. The third kappa shape index (κ3) is 3.85. The maximum atomic E-state index is 14.0. The Morgan fingerprint density at radius 3 is 2.45 bits per heavy atom. The van der Waals surface area contributed by atoms with Gasteiger partial charge in [0.2, 0.25) is 5.91 Å². The van der Waals surface area contributed by atoms with Crippen molar-refractivity contribution in [1.82, 2.24) is 14.4 Å². The van der Waals surface area contributed by atoms with Crippen LogP contribution in [-0.2, 0) is 11.3 Å². The molecule has 1 aromatic heterocycles. The number of benzene rings is 2. The zero-order valence-electron chi connectivity index (χ0n) is 16.1. The number of aromatic nitrogens is 1. The first-order chi connectivity index (χ1) is 13.9. The summed E-state index contributed by atoms with van der Waals surface area (Å²) in [6.07, 6.45) is 0. The zero-order valence-corrected chi connectivity index (χ0v) is 16.8. The van der Waals surface area contributed by atoms with Gasteiger partial charge in [0.25, 0.3) is 5.91 Å². The van der Waals surface area contributed by atoms with Crippen LogP contribution in [0.3, 0.4) is 0 Å². The van der Waals surface area contributed by atoms with E-state index in [9.17, 15) is 14.0 Å². The lowest BCUT2D eigenvalue weighted by molar-refractivity contribution is -0.133. The molecule has 7 heteroatoms. The van der Waals surface area contributed by atoms with Gasteiger partial charge in [-0.05, 0) is 42.6 Å². The summed E-state index contributed by atoms with van der Waals surface area (Å²) in [5, 5.41) is 1.43. The SMILES string of the molecule is Cc1cc2ccccc2n1CC(=O)N1CCN(C(=O)c2cc(Cl)ccc2F)CC1. The molecule has 1 aliphatic heterocycles. The molecule has 0 bridgehead atoms. The Morgan fingerprint density at radius 1 is 1.00 bits per heavy atom. The molecule has 1 aliphatic rings. The van der Waals surface area contributed by atoms with Crippen LogP contribution >= 0.6 is 11.6 Å². The lowest BCUT2D eigenvalue weighted by Crippen LogP contribution is -2.51. The summed E-state index contributed by atoms with van der Waals surface area (Å²) in [6, 6.07) is 14.0. The number of para-hydroxylation sites is 1. The van der Waals surface area contributed by atoms with Crippen LogP contribution < -0.4 is 0 Å². The molecule has 0 saturated carbocycles. The number of piperazine rings is 1. The molecule has 0 unspecified atom stereocenters. The van der Waals surface area contributed by atoms with Crippen LogP contribution in [0.25, 0.3) is 10.9 Å². The fraction of sp³-hybridized carbons (Fsp3) is 0.273. The Labute approximate surface area is 173 Å². The summed E-state index contributed by atoms with van der Waals surface area (Å²) in [7, 11) is 0. The minimum atomic E-state index is -0.590. The fourth-order valence-electron chi connectivity index (χ4n) is 3.78. The van der Waals surface area contributed by atoms with E-state index in [-0.39, 0.29) is 18.0 Å². The van der Waals surface area contributed by atoms with Gasteiger partial charge in [-0.2, -0.15) is 0 Å². The number of hydrogen-bond acceptors (Lipinski definition) is 2. The molecule has 3 aromatic rings. The van der Waals surface area contributed by atoms with Crippen molar-refractivity contribution in [3.63, 3.8) is 0 Å². The molecule has 1 saturated heterocycles. The number of hydrogen-bond donors (Lipinski definition) is 0. The predicted molar refractivity (Wildman–Crippen MR) is 111 cm³/mol. The molecular formula is C22H21ClFN3O2. The lowest BCUT2D eigenvalue weighted by Gasteiger charge is -2.35. The number of aryl methyl sites for hydroxylation is 1. The fourth-order valence-corrected chi connectivity index (χ4v) is 3.96. The van der Waals surface area contributed by atoms with Crippen LogP contribution in [0.15, 0.2) is 48.5 Å². The van der Waals surface area contributed by atoms with E-state index >= 15 is 0 Å². The summed E-state index contributed by atoms with van der Waals surface area (Å²) in [4.78, 5) is 28.8. The van der Waals surface area contributed by atoms with Crippen molar-refractivity contribution in [2.75, 3.05) is 26.2 Å². The van der Waals surface area contributed by atoms with E-state index in [1.165, 1.54) is 18.2 Å². The molecule has 1 fully saturated rings. The second-order valence-electron chi connectivity index (χ2n) is 7.23. The monoisotopic (exact) mass is 413 g/mol. The number of carbonyl (C=O) groups is 2. The first-order valence-electron chi connectivity index (χ1n) is 9.51. The third-order valence-corrected chi connectivity index (χ3v) is 5.62. The minimum Gasteiger partial charge on any atom is -0.338 e. The maximum Gasteiger partial charge on any atom is 0.257 e. The van der Waals surface area contributed by atoms with Gasteiger partial charge in [-0.1, -0.05) is 29.8 Å². The van der Waals surface area contributed by atoms with E-state index in [0.717, 1.165) is 16.6 Å². The van der Waals surface area contributed by atoms with E-state index in [0.29, 0.717) is 31.2 Å². The molecule has 2 aromatic carbocycles. The zero-order chi connectivity index (χ0) is 20.5. The normalized spacial score (nSPS) is 14.4. The van der Waals surface area contributed by atoms with Gasteiger partial charge in [-0.25, -0.2) is 4.39 Å². The molecule has 2 amide bonds. The standard InChI is InChI=1S/C22H21ClFN3O2/c1-15-12-16-4-2-3-5-20(16)27(15)14-21(28)25-8-10-26(11-9-25)22(29)18-13-17(23)6-7-19(18)24/h2-7,12-13H,8-11,14H2,1H3. The predicted octanol–water partition coefficient (Wildman–Crippen LogP) is 3.73. The van der Waals surface area contributed by atoms with Gasteiger partial charge in [0.1, 0.15) is 12.4 Å². The quantitative estimate of drug-likeness (QED) is 0.656. The largest absolute Gasteiger partial charge is 0.338 e. The molecule has 0 radical (unpaired) electrons. The summed E-state index contributed by atoms with van der Waals surface area (Å²) in [6.45, 7) is 3.82. The average molecular weight is 414 g/mol.